The van der Waals surface area contributed by atoms with Crippen LogP contribution in [0.15, 0.2) is 4.52 Å². The Kier molecular flexibility index (Phi) is 3.06. The van der Waals surface area contributed by atoms with E-state index in [1.807, 2.05) is 0 Å². The normalized spacial score (nSPS) is 29.7. The maximum atomic E-state index is 11.4. The summed E-state index contributed by atoms with van der Waals surface area (Å²) in [4.78, 5) is 15.5. The molecule has 1 aromatic heterocycles. The van der Waals surface area contributed by atoms with Gasteiger partial charge in [0.15, 0.2) is 0 Å². The van der Waals surface area contributed by atoms with Crippen molar-refractivity contribution in [3.05, 3.63) is 11.7 Å². The van der Waals surface area contributed by atoms with Crippen LogP contribution in [0.4, 0.5) is 0 Å². The summed E-state index contributed by atoms with van der Waals surface area (Å²) in [5, 5.41) is 3.68. The molecular weight excluding hydrogens is 232 g/mol. The number of hydrogen-bond acceptors (Lipinski definition) is 5. The average Bonchev–Trinajstić information content (AvgIpc) is 3.04. The van der Waals surface area contributed by atoms with Gasteiger partial charge in [-0.3, -0.25) is 0 Å². The lowest BCUT2D eigenvalue weighted by molar-refractivity contribution is 0.0508. The predicted molar refractivity (Wildman–Crippen MR) is 62.9 cm³/mol. The molecule has 1 heterocycles. The summed E-state index contributed by atoms with van der Waals surface area (Å²) in [7, 11) is 0. The van der Waals surface area contributed by atoms with Crippen LogP contribution in [0.2, 0.25) is 0 Å². The number of fused-ring (bicyclic) bond motifs is 2. The summed E-state index contributed by atoms with van der Waals surface area (Å²) in [6.45, 7) is 2.09. The van der Waals surface area contributed by atoms with Gasteiger partial charge < -0.3 is 9.26 Å². The number of carbonyl (C=O) groups excluding carboxylic acids is 1. The lowest BCUT2D eigenvalue weighted by Gasteiger charge is -2.19. The molecule has 0 saturated heterocycles. The molecule has 5 heteroatoms. The number of aromatic nitrogens is 2. The van der Waals surface area contributed by atoms with Crippen molar-refractivity contribution in [2.45, 2.75) is 39.0 Å². The zero-order chi connectivity index (χ0) is 12.5. The second-order valence-electron chi connectivity index (χ2n) is 5.37. The minimum atomic E-state index is -0.500. The highest BCUT2D eigenvalue weighted by atomic mass is 16.5. The lowest BCUT2D eigenvalue weighted by atomic mass is 9.86. The van der Waals surface area contributed by atoms with Crippen LogP contribution in [0, 0.1) is 17.8 Å². The van der Waals surface area contributed by atoms with Crippen molar-refractivity contribution in [1.29, 1.82) is 0 Å². The highest BCUT2D eigenvalue weighted by molar-refractivity contribution is 5.84. The second-order valence-corrected chi connectivity index (χ2v) is 5.37. The molecule has 3 atom stereocenters. The first kappa shape index (κ1) is 11.7. The lowest BCUT2D eigenvalue weighted by Crippen LogP contribution is -2.13. The molecule has 0 N–H and O–H groups in total. The van der Waals surface area contributed by atoms with Crippen molar-refractivity contribution >= 4 is 5.97 Å². The third kappa shape index (κ3) is 2.13. The van der Waals surface area contributed by atoms with E-state index >= 15 is 0 Å². The van der Waals surface area contributed by atoms with Gasteiger partial charge in [-0.05, 0) is 49.1 Å². The van der Waals surface area contributed by atoms with Gasteiger partial charge in [-0.25, -0.2) is 4.79 Å². The zero-order valence-corrected chi connectivity index (χ0v) is 10.6. The van der Waals surface area contributed by atoms with Crippen molar-refractivity contribution in [2.24, 2.45) is 17.8 Å². The van der Waals surface area contributed by atoms with E-state index < -0.39 is 5.97 Å². The molecule has 3 rings (SSSR count). The summed E-state index contributed by atoms with van der Waals surface area (Å²) in [6.07, 6.45) is 6.19. The predicted octanol–water partition coefficient (Wildman–Crippen LogP) is 2.23. The SMILES string of the molecule is CCOC(=O)c1noc(CC2CC3CCC2C3)n1. The number of rotatable bonds is 4. The van der Waals surface area contributed by atoms with Gasteiger partial charge in [-0.1, -0.05) is 6.42 Å². The number of nitrogens with zero attached hydrogens (tertiary/aromatic N) is 2. The Bertz CT molecular complexity index is 443. The quantitative estimate of drug-likeness (QED) is 0.767. The Morgan fingerprint density at radius 2 is 2.33 bits per heavy atom. The summed E-state index contributed by atoms with van der Waals surface area (Å²) in [5.74, 6) is 2.53. The standard InChI is InChI=1S/C13H18N2O3/c1-2-17-13(16)12-14-11(18-15-12)7-10-6-8-3-4-9(10)5-8/h8-10H,2-7H2,1H3. The molecule has 2 aliphatic rings. The molecule has 0 spiro atoms. The van der Waals surface area contributed by atoms with Crippen molar-refractivity contribution in [3.63, 3.8) is 0 Å². The third-order valence-electron chi connectivity index (χ3n) is 4.25. The Labute approximate surface area is 106 Å². The molecule has 0 aromatic carbocycles. The van der Waals surface area contributed by atoms with Crippen LogP contribution < -0.4 is 0 Å². The minimum absolute atomic E-state index is 0.0509. The molecule has 2 aliphatic carbocycles. The van der Waals surface area contributed by atoms with Gasteiger partial charge in [0, 0.05) is 6.42 Å². The van der Waals surface area contributed by atoms with Crippen LogP contribution in [0.5, 0.6) is 0 Å². The first-order chi connectivity index (χ1) is 8.76. The van der Waals surface area contributed by atoms with Gasteiger partial charge in [0.05, 0.1) is 6.61 Å². The highest BCUT2D eigenvalue weighted by Gasteiger charge is 2.40. The molecule has 0 aliphatic heterocycles. The summed E-state index contributed by atoms with van der Waals surface area (Å²) in [5.41, 5.74) is 0. The van der Waals surface area contributed by atoms with Crippen LogP contribution in [0.25, 0.3) is 0 Å². The molecule has 2 bridgehead atoms. The van der Waals surface area contributed by atoms with Gasteiger partial charge >= 0.3 is 5.97 Å². The Morgan fingerprint density at radius 3 is 3.00 bits per heavy atom. The van der Waals surface area contributed by atoms with Crippen LogP contribution >= 0.6 is 0 Å². The van der Waals surface area contributed by atoms with Gasteiger partial charge in [0.25, 0.3) is 5.82 Å². The topological polar surface area (TPSA) is 65.2 Å². The third-order valence-corrected chi connectivity index (χ3v) is 4.25. The van der Waals surface area contributed by atoms with Crippen molar-refractivity contribution in [3.8, 4) is 0 Å². The monoisotopic (exact) mass is 250 g/mol. The van der Waals surface area contributed by atoms with E-state index in [9.17, 15) is 4.79 Å². The molecule has 2 fully saturated rings. The number of esters is 1. The van der Waals surface area contributed by atoms with Crippen LogP contribution in [-0.4, -0.2) is 22.7 Å². The molecular formula is C13H18N2O3. The smallest absolute Gasteiger partial charge is 0.379 e. The maximum Gasteiger partial charge on any atom is 0.379 e. The van der Waals surface area contributed by atoms with E-state index in [0.29, 0.717) is 18.4 Å². The summed E-state index contributed by atoms with van der Waals surface area (Å²) < 4.78 is 9.98. The fourth-order valence-corrected chi connectivity index (χ4v) is 3.47. The van der Waals surface area contributed by atoms with Gasteiger partial charge in [-0.15, -0.1) is 0 Å². The molecule has 1 aromatic rings. The van der Waals surface area contributed by atoms with Crippen molar-refractivity contribution in [2.75, 3.05) is 6.61 Å². The van der Waals surface area contributed by atoms with Gasteiger partial charge in [0.1, 0.15) is 0 Å². The second kappa shape index (κ2) is 4.71. The maximum absolute atomic E-state index is 11.4. The van der Waals surface area contributed by atoms with Crippen LogP contribution in [0.1, 0.15) is 49.1 Å². The van der Waals surface area contributed by atoms with Gasteiger partial charge in [0.2, 0.25) is 5.89 Å². The summed E-state index contributed by atoms with van der Waals surface area (Å²) in [6, 6.07) is 0. The number of hydrogen-bond donors (Lipinski definition) is 0. The minimum Gasteiger partial charge on any atom is -0.460 e. The van der Waals surface area contributed by atoms with E-state index in [4.69, 9.17) is 9.26 Å². The van der Waals surface area contributed by atoms with E-state index in [1.54, 1.807) is 6.92 Å². The summed E-state index contributed by atoms with van der Waals surface area (Å²) >= 11 is 0. The fraction of sp³-hybridized carbons (Fsp3) is 0.769. The van der Waals surface area contributed by atoms with Crippen LogP contribution in [0.3, 0.4) is 0 Å². The van der Waals surface area contributed by atoms with Crippen molar-refractivity contribution in [1.82, 2.24) is 10.1 Å². The average molecular weight is 250 g/mol. The Hall–Kier alpha value is -1.39. The van der Waals surface area contributed by atoms with Crippen LogP contribution in [-0.2, 0) is 11.2 Å². The van der Waals surface area contributed by atoms with Gasteiger partial charge in [-0.2, -0.15) is 4.98 Å². The molecule has 2 saturated carbocycles. The van der Waals surface area contributed by atoms with E-state index in [1.165, 1.54) is 25.7 Å². The first-order valence-electron chi connectivity index (χ1n) is 6.76. The molecule has 0 radical (unpaired) electrons. The first-order valence-corrected chi connectivity index (χ1v) is 6.76. The fourth-order valence-electron chi connectivity index (χ4n) is 3.47. The molecule has 18 heavy (non-hydrogen) atoms. The Balaban J connectivity index is 1.62. The van der Waals surface area contributed by atoms with E-state index in [-0.39, 0.29) is 5.82 Å². The number of carbonyl (C=O) groups is 1. The molecule has 3 unspecified atom stereocenters. The largest absolute Gasteiger partial charge is 0.460 e. The Morgan fingerprint density at radius 1 is 1.44 bits per heavy atom. The molecule has 98 valence electrons. The number of ether oxygens (including phenoxy) is 1. The molecule has 5 nitrogen and oxygen atoms in total. The van der Waals surface area contributed by atoms with Crippen molar-refractivity contribution < 1.29 is 14.1 Å². The zero-order valence-electron chi connectivity index (χ0n) is 10.6. The molecule has 0 amide bonds. The highest BCUT2D eigenvalue weighted by Crippen LogP contribution is 2.49. The van der Waals surface area contributed by atoms with E-state index in [0.717, 1.165) is 18.3 Å². The van der Waals surface area contributed by atoms with E-state index in [2.05, 4.69) is 10.1 Å².